The number of hydrogen-bond donors (Lipinski definition) is 2. The van der Waals surface area contributed by atoms with E-state index in [0.717, 1.165) is 0 Å². The highest BCUT2D eigenvalue weighted by atomic mass is 19.1. The van der Waals surface area contributed by atoms with Crippen LogP contribution in [-0.2, 0) is 0 Å². The Morgan fingerprint density at radius 3 is 2.62 bits per heavy atom. The van der Waals surface area contributed by atoms with Crippen LogP contribution in [0.25, 0.3) is 10.8 Å². The maximum atomic E-state index is 15.1. The van der Waals surface area contributed by atoms with Gasteiger partial charge in [-0.25, -0.2) is 14.2 Å². The maximum Gasteiger partial charge on any atom is 0.405 e. The summed E-state index contributed by atoms with van der Waals surface area (Å²) in [5, 5.41) is 12.5. The number of carbonyl (C=O) groups excluding carboxylic acids is 1. The standard InChI is InChI=1S/C22H21FN2O4/c1-4-29-21-17-7-5-6-16(15(17)10-11-24-21)20(26)18-9-8-14(12(2)19(18)23)13(3)25-22(27)28/h5-11,13,25H,4H2,1-3H3,(H,27,28)/t13-/m0/s1. The summed E-state index contributed by atoms with van der Waals surface area (Å²) in [7, 11) is 0. The summed E-state index contributed by atoms with van der Waals surface area (Å²) in [6.45, 7) is 5.42. The fraction of sp³-hybridized carbons (Fsp3) is 0.227. The molecule has 0 aliphatic rings. The van der Waals surface area contributed by atoms with Gasteiger partial charge in [0.1, 0.15) is 5.82 Å². The van der Waals surface area contributed by atoms with Gasteiger partial charge in [0, 0.05) is 17.1 Å². The van der Waals surface area contributed by atoms with Crippen LogP contribution in [-0.4, -0.2) is 28.6 Å². The predicted molar refractivity (Wildman–Crippen MR) is 107 cm³/mol. The molecule has 0 bridgehead atoms. The third kappa shape index (κ3) is 3.89. The first-order valence-corrected chi connectivity index (χ1v) is 9.18. The van der Waals surface area contributed by atoms with Crippen molar-refractivity contribution in [1.29, 1.82) is 0 Å². The van der Waals surface area contributed by atoms with Gasteiger partial charge in [0.05, 0.1) is 18.2 Å². The summed E-state index contributed by atoms with van der Waals surface area (Å²) >= 11 is 0. The van der Waals surface area contributed by atoms with E-state index >= 15 is 4.39 Å². The van der Waals surface area contributed by atoms with E-state index in [9.17, 15) is 9.59 Å². The van der Waals surface area contributed by atoms with Crippen molar-refractivity contribution < 1.29 is 23.8 Å². The molecule has 1 amide bonds. The van der Waals surface area contributed by atoms with Crippen LogP contribution >= 0.6 is 0 Å². The molecule has 29 heavy (non-hydrogen) atoms. The van der Waals surface area contributed by atoms with E-state index in [0.29, 0.717) is 34.4 Å². The number of aromatic nitrogens is 1. The van der Waals surface area contributed by atoms with Gasteiger partial charge in [-0.15, -0.1) is 0 Å². The molecule has 0 aliphatic carbocycles. The number of benzene rings is 2. The average Bonchev–Trinajstić information content (AvgIpc) is 2.69. The highest BCUT2D eigenvalue weighted by molar-refractivity contribution is 6.17. The molecule has 0 fully saturated rings. The lowest BCUT2D eigenvalue weighted by Gasteiger charge is -2.17. The topological polar surface area (TPSA) is 88.5 Å². The van der Waals surface area contributed by atoms with Crippen LogP contribution in [0.4, 0.5) is 9.18 Å². The Kier molecular flexibility index (Phi) is 5.77. The number of ketones is 1. The molecule has 0 radical (unpaired) electrons. The fourth-order valence-electron chi connectivity index (χ4n) is 3.38. The normalized spacial score (nSPS) is 11.9. The first-order chi connectivity index (χ1) is 13.8. The number of rotatable bonds is 6. The Bertz CT molecular complexity index is 1100. The average molecular weight is 396 g/mol. The molecular formula is C22H21FN2O4. The number of pyridine rings is 1. The number of halogens is 1. The molecule has 7 heteroatoms. The number of nitrogens with one attached hydrogen (secondary N) is 1. The monoisotopic (exact) mass is 396 g/mol. The summed E-state index contributed by atoms with van der Waals surface area (Å²) in [6, 6.07) is 9.20. The van der Waals surface area contributed by atoms with Crippen molar-refractivity contribution in [3.63, 3.8) is 0 Å². The predicted octanol–water partition coefficient (Wildman–Crippen LogP) is 4.64. The number of nitrogens with zero attached hydrogens (tertiary/aromatic N) is 1. The Morgan fingerprint density at radius 2 is 1.93 bits per heavy atom. The summed E-state index contributed by atoms with van der Waals surface area (Å²) < 4.78 is 20.6. The van der Waals surface area contributed by atoms with Gasteiger partial charge in [0.2, 0.25) is 5.88 Å². The number of amides is 1. The molecule has 6 nitrogen and oxygen atoms in total. The molecule has 2 aromatic carbocycles. The van der Waals surface area contributed by atoms with Gasteiger partial charge in [-0.1, -0.05) is 18.2 Å². The van der Waals surface area contributed by atoms with E-state index in [4.69, 9.17) is 9.84 Å². The number of ether oxygens (including phenoxy) is 1. The second-order valence-electron chi connectivity index (χ2n) is 6.59. The molecule has 0 saturated carbocycles. The van der Waals surface area contributed by atoms with Crippen molar-refractivity contribution in [2.75, 3.05) is 6.61 Å². The largest absolute Gasteiger partial charge is 0.478 e. The number of carbonyl (C=O) groups is 2. The molecule has 0 spiro atoms. The lowest BCUT2D eigenvalue weighted by Crippen LogP contribution is -2.25. The minimum absolute atomic E-state index is 0.0731. The van der Waals surface area contributed by atoms with Crippen molar-refractivity contribution in [3.8, 4) is 5.88 Å². The molecule has 1 aromatic heterocycles. The molecule has 0 unspecified atom stereocenters. The first-order valence-electron chi connectivity index (χ1n) is 9.18. The molecule has 0 aliphatic heterocycles. The zero-order chi connectivity index (χ0) is 21.1. The molecule has 150 valence electrons. The van der Waals surface area contributed by atoms with Gasteiger partial charge in [-0.2, -0.15) is 0 Å². The molecule has 2 N–H and O–H groups in total. The van der Waals surface area contributed by atoms with Crippen LogP contribution in [0.3, 0.4) is 0 Å². The van der Waals surface area contributed by atoms with E-state index in [1.807, 2.05) is 6.92 Å². The molecule has 3 rings (SSSR count). The second kappa shape index (κ2) is 8.26. The van der Waals surface area contributed by atoms with Gasteiger partial charge >= 0.3 is 6.09 Å². The van der Waals surface area contributed by atoms with Crippen molar-refractivity contribution in [1.82, 2.24) is 10.3 Å². The van der Waals surface area contributed by atoms with Gasteiger partial charge in [0.25, 0.3) is 0 Å². The van der Waals surface area contributed by atoms with Crippen LogP contribution in [0.15, 0.2) is 42.6 Å². The van der Waals surface area contributed by atoms with Crippen LogP contribution < -0.4 is 10.1 Å². The van der Waals surface area contributed by atoms with Crippen LogP contribution in [0.2, 0.25) is 0 Å². The molecule has 1 atom stereocenters. The Morgan fingerprint density at radius 1 is 1.17 bits per heavy atom. The number of carboxylic acid groups (broad SMARTS) is 1. The SMILES string of the molecule is CCOc1nccc2c(C(=O)c3ccc([C@H](C)NC(=O)O)c(C)c3F)cccc12. The van der Waals surface area contributed by atoms with Crippen molar-refractivity contribution in [3.05, 3.63) is 70.7 Å². The molecule has 0 saturated heterocycles. The maximum absolute atomic E-state index is 15.1. The smallest absolute Gasteiger partial charge is 0.405 e. The first kappa shape index (κ1) is 20.3. The molecule has 1 heterocycles. The Hall–Kier alpha value is -3.48. The second-order valence-corrected chi connectivity index (χ2v) is 6.59. The fourth-order valence-corrected chi connectivity index (χ4v) is 3.38. The number of hydrogen-bond acceptors (Lipinski definition) is 4. The molecular weight excluding hydrogens is 375 g/mol. The zero-order valence-corrected chi connectivity index (χ0v) is 16.3. The van der Waals surface area contributed by atoms with Crippen LogP contribution in [0.5, 0.6) is 5.88 Å². The summed E-state index contributed by atoms with van der Waals surface area (Å²) in [5.41, 5.74) is 0.973. The van der Waals surface area contributed by atoms with E-state index in [2.05, 4.69) is 10.3 Å². The van der Waals surface area contributed by atoms with E-state index in [1.54, 1.807) is 43.5 Å². The Balaban J connectivity index is 2.07. The summed E-state index contributed by atoms with van der Waals surface area (Å²) in [6.07, 6.45) is 0.348. The van der Waals surface area contributed by atoms with Crippen LogP contribution in [0, 0.1) is 12.7 Å². The third-order valence-electron chi connectivity index (χ3n) is 4.77. The zero-order valence-electron chi connectivity index (χ0n) is 16.3. The third-order valence-corrected chi connectivity index (χ3v) is 4.77. The Labute approximate surface area is 167 Å². The van der Waals surface area contributed by atoms with Gasteiger partial charge in [0.15, 0.2) is 5.78 Å². The highest BCUT2D eigenvalue weighted by Crippen LogP contribution is 2.29. The number of fused-ring (bicyclic) bond motifs is 1. The van der Waals surface area contributed by atoms with Gasteiger partial charge in [-0.05, 0) is 55.5 Å². The van der Waals surface area contributed by atoms with Crippen LogP contribution in [0.1, 0.15) is 46.9 Å². The van der Waals surface area contributed by atoms with E-state index in [1.165, 1.54) is 13.0 Å². The van der Waals surface area contributed by atoms with Crippen molar-refractivity contribution in [2.45, 2.75) is 26.8 Å². The minimum Gasteiger partial charge on any atom is -0.478 e. The van der Waals surface area contributed by atoms with Crippen molar-refractivity contribution >= 4 is 22.6 Å². The van der Waals surface area contributed by atoms with Gasteiger partial charge in [-0.3, -0.25) is 4.79 Å². The van der Waals surface area contributed by atoms with Crippen molar-refractivity contribution in [2.24, 2.45) is 0 Å². The summed E-state index contributed by atoms with van der Waals surface area (Å²) in [5.74, 6) is -0.710. The lowest BCUT2D eigenvalue weighted by atomic mass is 9.93. The summed E-state index contributed by atoms with van der Waals surface area (Å²) in [4.78, 5) is 28.2. The lowest BCUT2D eigenvalue weighted by molar-refractivity contribution is 0.103. The van der Waals surface area contributed by atoms with Gasteiger partial charge < -0.3 is 15.2 Å². The minimum atomic E-state index is -1.20. The quantitative estimate of drug-likeness (QED) is 0.593. The van der Waals surface area contributed by atoms with E-state index < -0.39 is 23.7 Å². The highest BCUT2D eigenvalue weighted by Gasteiger charge is 2.22. The molecule has 3 aromatic rings. The van der Waals surface area contributed by atoms with E-state index in [-0.39, 0.29) is 11.1 Å².